The highest BCUT2D eigenvalue weighted by atomic mass is 35.5. The van der Waals surface area contributed by atoms with Gasteiger partial charge in [-0.2, -0.15) is 0 Å². The molecule has 1 aromatic carbocycles. The van der Waals surface area contributed by atoms with Crippen LogP contribution in [0.5, 0.6) is 0 Å². The molecule has 0 atom stereocenters. The molecule has 0 bridgehead atoms. The van der Waals surface area contributed by atoms with Crippen LogP contribution in [0.4, 0.5) is 10.1 Å². The largest absolute Gasteiger partial charge is 0.276 e. The zero-order chi connectivity index (χ0) is 14.9. The lowest BCUT2D eigenvalue weighted by molar-refractivity contribution is 0.570. The van der Waals surface area contributed by atoms with Crippen LogP contribution in [0.3, 0.4) is 0 Å². The Morgan fingerprint density at radius 3 is 2.50 bits per heavy atom. The number of pyridine rings is 1. The number of aromatic nitrogens is 1. The number of nitrogens with one attached hydrogen (secondary N) is 1. The van der Waals surface area contributed by atoms with E-state index < -0.39 is 20.7 Å². The van der Waals surface area contributed by atoms with Gasteiger partial charge in [0, 0.05) is 0 Å². The van der Waals surface area contributed by atoms with Crippen LogP contribution in [-0.2, 0) is 10.0 Å². The van der Waals surface area contributed by atoms with Gasteiger partial charge in [0.15, 0.2) is 5.15 Å². The third kappa shape index (κ3) is 3.03. The van der Waals surface area contributed by atoms with Gasteiger partial charge in [-0.05, 0) is 30.7 Å². The molecule has 0 spiro atoms. The van der Waals surface area contributed by atoms with Gasteiger partial charge in [-0.3, -0.25) is 4.72 Å². The molecule has 0 fully saturated rings. The van der Waals surface area contributed by atoms with Crippen molar-refractivity contribution >= 4 is 38.9 Å². The number of benzene rings is 1. The molecule has 0 unspecified atom stereocenters. The second-order valence-corrected chi connectivity index (χ2v) is 6.36. The summed E-state index contributed by atoms with van der Waals surface area (Å²) in [6.07, 6.45) is 0. The summed E-state index contributed by atoms with van der Waals surface area (Å²) in [5.41, 5.74) is 0.550. The van der Waals surface area contributed by atoms with E-state index in [0.29, 0.717) is 5.56 Å². The molecule has 1 N–H and O–H groups in total. The number of hydrogen-bond acceptors (Lipinski definition) is 3. The SMILES string of the molecule is Cc1cc(Cl)nc(Cl)c1NS(=O)(=O)c1ccccc1F. The van der Waals surface area contributed by atoms with Crippen molar-refractivity contribution < 1.29 is 12.8 Å². The topological polar surface area (TPSA) is 59.1 Å². The van der Waals surface area contributed by atoms with E-state index in [1.54, 1.807) is 6.92 Å². The molecule has 8 heteroatoms. The molecular weight excluding hydrogens is 326 g/mol. The van der Waals surface area contributed by atoms with Gasteiger partial charge < -0.3 is 0 Å². The molecule has 0 radical (unpaired) electrons. The summed E-state index contributed by atoms with van der Waals surface area (Å²) in [5.74, 6) is -0.851. The summed E-state index contributed by atoms with van der Waals surface area (Å²) in [7, 11) is -4.09. The summed E-state index contributed by atoms with van der Waals surface area (Å²) in [6, 6.07) is 6.49. The molecule has 0 saturated heterocycles. The fourth-order valence-electron chi connectivity index (χ4n) is 1.57. The van der Waals surface area contributed by atoms with Crippen molar-refractivity contribution in [3.63, 3.8) is 0 Å². The first-order chi connectivity index (χ1) is 9.31. The predicted molar refractivity (Wildman–Crippen MR) is 76.2 cm³/mol. The Hall–Kier alpha value is -1.37. The van der Waals surface area contributed by atoms with E-state index in [2.05, 4.69) is 9.71 Å². The van der Waals surface area contributed by atoms with Crippen molar-refractivity contribution in [1.82, 2.24) is 4.98 Å². The van der Waals surface area contributed by atoms with E-state index in [-0.39, 0.29) is 16.0 Å². The third-order valence-corrected chi connectivity index (χ3v) is 4.35. The molecular formula is C12H9Cl2FN2O2S. The first-order valence-electron chi connectivity index (χ1n) is 5.41. The van der Waals surface area contributed by atoms with Crippen molar-refractivity contribution in [1.29, 1.82) is 0 Å². The summed E-state index contributed by atoms with van der Waals surface area (Å²) in [5, 5.41) is 0.0382. The number of halogens is 3. The predicted octanol–water partition coefficient (Wildman–Crippen LogP) is 3.64. The van der Waals surface area contributed by atoms with Crippen molar-refractivity contribution in [2.75, 3.05) is 4.72 Å². The zero-order valence-corrected chi connectivity index (χ0v) is 12.5. The van der Waals surface area contributed by atoms with E-state index in [1.165, 1.54) is 18.2 Å². The summed E-state index contributed by atoms with van der Waals surface area (Å²) < 4.78 is 40.1. The second kappa shape index (κ2) is 5.55. The van der Waals surface area contributed by atoms with Crippen molar-refractivity contribution in [3.8, 4) is 0 Å². The smallest absolute Gasteiger partial charge is 0.264 e. The van der Waals surface area contributed by atoms with Gasteiger partial charge in [0.2, 0.25) is 0 Å². The lowest BCUT2D eigenvalue weighted by Crippen LogP contribution is -2.16. The molecule has 106 valence electrons. The van der Waals surface area contributed by atoms with Gasteiger partial charge in [0.05, 0.1) is 5.69 Å². The number of aryl methyl sites for hydroxylation is 1. The molecule has 2 rings (SSSR count). The Bertz CT molecular complexity index is 743. The van der Waals surface area contributed by atoms with Crippen LogP contribution in [0, 0.1) is 12.7 Å². The van der Waals surface area contributed by atoms with Crippen LogP contribution < -0.4 is 4.72 Å². The Balaban J connectivity index is 2.47. The van der Waals surface area contributed by atoms with Gasteiger partial charge in [0.25, 0.3) is 10.0 Å². The monoisotopic (exact) mass is 334 g/mol. The van der Waals surface area contributed by atoms with Crippen LogP contribution in [-0.4, -0.2) is 13.4 Å². The quantitative estimate of drug-likeness (QED) is 0.872. The molecule has 1 aromatic heterocycles. The fraction of sp³-hybridized carbons (Fsp3) is 0.0833. The number of anilines is 1. The molecule has 1 heterocycles. The van der Waals surface area contributed by atoms with E-state index in [9.17, 15) is 12.8 Å². The zero-order valence-electron chi connectivity index (χ0n) is 10.2. The highest BCUT2D eigenvalue weighted by Crippen LogP contribution is 2.29. The maximum Gasteiger partial charge on any atom is 0.264 e. The average molecular weight is 335 g/mol. The highest BCUT2D eigenvalue weighted by molar-refractivity contribution is 7.92. The molecule has 0 aliphatic carbocycles. The van der Waals surface area contributed by atoms with Crippen molar-refractivity contribution in [3.05, 3.63) is 52.0 Å². The van der Waals surface area contributed by atoms with Crippen LogP contribution >= 0.6 is 23.2 Å². The third-order valence-electron chi connectivity index (χ3n) is 2.50. The van der Waals surface area contributed by atoms with Gasteiger partial charge in [0.1, 0.15) is 15.9 Å². The maximum atomic E-state index is 13.6. The van der Waals surface area contributed by atoms with E-state index in [0.717, 1.165) is 12.1 Å². The lowest BCUT2D eigenvalue weighted by atomic mass is 10.3. The standard InChI is InChI=1S/C12H9Cl2FN2O2S/c1-7-6-10(13)16-12(14)11(7)17-20(18,19)9-5-3-2-4-8(9)15/h2-6,17H,1H3. The summed E-state index contributed by atoms with van der Waals surface area (Å²) in [4.78, 5) is 3.28. The van der Waals surface area contributed by atoms with Crippen LogP contribution in [0.2, 0.25) is 10.3 Å². The van der Waals surface area contributed by atoms with Crippen molar-refractivity contribution in [2.45, 2.75) is 11.8 Å². The normalized spacial score (nSPS) is 11.4. The first-order valence-corrected chi connectivity index (χ1v) is 7.65. The van der Waals surface area contributed by atoms with Gasteiger partial charge >= 0.3 is 0 Å². The minimum Gasteiger partial charge on any atom is -0.276 e. The van der Waals surface area contributed by atoms with Crippen LogP contribution in [0.1, 0.15) is 5.56 Å². The Kier molecular flexibility index (Phi) is 4.17. The van der Waals surface area contributed by atoms with E-state index >= 15 is 0 Å². The molecule has 0 aliphatic heterocycles. The Labute approximate surface area is 125 Å². The molecule has 0 aliphatic rings. The number of sulfonamides is 1. The summed E-state index contributed by atoms with van der Waals surface area (Å²) in [6.45, 7) is 1.61. The summed E-state index contributed by atoms with van der Waals surface area (Å²) >= 11 is 11.6. The molecule has 2 aromatic rings. The highest BCUT2D eigenvalue weighted by Gasteiger charge is 2.21. The number of nitrogens with zero attached hydrogens (tertiary/aromatic N) is 1. The first kappa shape index (κ1) is 15.0. The van der Waals surface area contributed by atoms with Crippen LogP contribution in [0.25, 0.3) is 0 Å². The minimum absolute atomic E-state index is 0.0688. The average Bonchev–Trinajstić information content (AvgIpc) is 2.34. The number of hydrogen-bond donors (Lipinski definition) is 1. The maximum absolute atomic E-state index is 13.6. The molecule has 0 amide bonds. The Morgan fingerprint density at radius 2 is 1.90 bits per heavy atom. The Morgan fingerprint density at radius 1 is 1.25 bits per heavy atom. The van der Waals surface area contributed by atoms with Gasteiger partial charge in [-0.1, -0.05) is 35.3 Å². The molecule has 4 nitrogen and oxygen atoms in total. The lowest BCUT2D eigenvalue weighted by Gasteiger charge is -2.12. The van der Waals surface area contributed by atoms with E-state index in [1.807, 2.05) is 0 Å². The second-order valence-electron chi connectivity index (χ2n) is 3.96. The minimum atomic E-state index is -4.09. The van der Waals surface area contributed by atoms with Gasteiger partial charge in [-0.15, -0.1) is 0 Å². The molecule has 0 saturated carbocycles. The van der Waals surface area contributed by atoms with E-state index in [4.69, 9.17) is 23.2 Å². The number of rotatable bonds is 3. The van der Waals surface area contributed by atoms with Crippen molar-refractivity contribution in [2.24, 2.45) is 0 Å². The van der Waals surface area contributed by atoms with Gasteiger partial charge in [-0.25, -0.2) is 17.8 Å². The van der Waals surface area contributed by atoms with Crippen LogP contribution in [0.15, 0.2) is 35.2 Å². The fourth-order valence-corrected chi connectivity index (χ4v) is 3.42. The molecule has 20 heavy (non-hydrogen) atoms.